The highest BCUT2D eigenvalue weighted by molar-refractivity contribution is 8.93. The summed E-state index contributed by atoms with van der Waals surface area (Å²) in [5.41, 5.74) is 1.85. The van der Waals surface area contributed by atoms with Crippen LogP contribution in [0.25, 0.3) is 10.8 Å². The topological polar surface area (TPSA) is 29.5 Å². The summed E-state index contributed by atoms with van der Waals surface area (Å²) in [5, 5.41) is 2.69. The maximum Gasteiger partial charge on any atom is 0.333 e. The average Bonchev–Trinajstić information content (AvgIpc) is 2.48. The van der Waals surface area contributed by atoms with Crippen molar-refractivity contribution >= 4 is 33.7 Å². The van der Waals surface area contributed by atoms with E-state index in [1.54, 1.807) is 13.8 Å². The Morgan fingerprint density at radius 1 is 1.13 bits per heavy atom. The van der Waals surface area contributed by atoms with E-state index in [2.05, 4.69) is 72.8 Å². The van der Waals surface area contributed by atoms with E-state index in [0.29, 0.717) is 12.2 Å². The number of rotatable bonds is 4. The zero-order chi connectivity index (χ0) is 16.5. The van der Waals surface area contributed by atoms with Crippen molar-refractivity contribution < 1.29 is 9.53 Å². The Bertz CT molecular complexity index is 633. The van der Waals surface area contributed by atoms with Gasteiger partial charge in [-0.2, -0.15) is 0 Å². The molecule has 0 aliphatic rings. The Balaban J connectivity index is 0.000000469. The minimum Gasteiger partial charge on any atom is -0.463 e. The summed E-state index contributed by atoms with van der Waals surface area (Å²) in [5.74, 6) is -0.312. The molecule has 0 N–H and O–H groups in total. The van der Waals surface area contributed by atoms with Crippen LogP contribution in [-0.4, -0.2) is 31.6 Å². The molecular weight excluding hydrogens is 354 g/mol. The van der Waals surface area contributed by atoms with Crippen LogP contribution in [0, 0.1) is 0 Å². The van der Waals surface area contributed by atoms with E-state index >= 15 is 0 Å². The first-order valence-corrected chi connectivity index (χ1v) is 7.39. The van der Waals surface area contributed by atoms with Crippen molar-refractivity contribution in [3.63, 3.8) is 0 Å². The molecule has 2 aromatic rings. The first kappa shape index (κ1) is 21.4. The van der Waals surface area contributed by atoms with Gasteiger partial charge in [-0.3, -0.25) is 0 Å². The average molecular weight is 380 g/mol. The predicted molar refractivity (Wildman–Crippen MR) is 103 cm³/mol. The molecule has 0 bridgehead atoms. The third-order valence-corrected chi connectivity index (χ3v) is 2.99. The van der Waals surface area contributed by atoms with Crippen LogP contribution in [-0.2, 0) is 16.1 Å². The van der Waals surface area contributed by atoms with Crippen LogP contribution in [0.15, 0.2) is 54.6 Å². The van der Waals surface area contributed by atoms with Gasteiger partial charge in [-0.25, -0.2) is 4.79 Å². The quantitative estimate of drug-likeness (QED) is 0.573. The van der Waals surface area contributed by atoms with Gasteiger partial charge in [-0.15, -0.1) is 17.0 Å². The summed E-state index contributed by atoms with van der Waals surface area (Å²) >= 11 is 0. The van der Waals surface area contributed by atoms with Crippen LogP contribution in [0.4, 0.5) is 0 Å². The van der Waals surface area contributed by atoms with Gasteiger partial charge in [0.15, 0.2) is 0 Å². The van der Waals surface area contributed by atoms with Crippen LogP contribution in [0.1, 0.15) is 19.4 Å². The summed E-state index contributed by atoms with van der Waals surface area (Å²) in [6.07, 6.45) is 0. The number of halogens is 1. The molecule has 0 heterocycles. The minimum absolute atomic E-state index is 0. The Kier molecular flexibility index (Phi) is 10.2. The van der Waals surface area contributed by atoms with Gasteiger partial charge >= 0.3 is 5.97 Å². The molecule has 0 saturated heterocycles. The maximum atomic E-state index is 10.4. The molecule has 126 valence electrons. The number of hydrogen-bond acceptors (Lipinski definition) is 3. The largest absolute Gasteiger partial charge is 0.463 e. The van der Waals surface area contributed by atoms with Crippen molar-refractivity contribution in [2.75, 3.05) is 20.7 Å². The second-order valence-electron chi connectivity index (χ2n) is 5.38. The third-order valence-electron chi connectivity index (χ3n) is 2.99. The fourth-order valence-corrected chi connectivity index (χ4v) is 2.03. The van der Waals surface area contributed by atoms with Crippen LogP contribution in [0.5, 0.6) is 0 Å². The normalized spacial score (nSPS) is 9.61. The highest BCUT2D eigenvalue weighted by atomic mass is 79.9. The predicted octanol–water partition coefficient (Wildman–Crippen LogP) is 4.60. The maximum absolute atomic E-state index is 10.4. The molecule has 0 fully saturated rings. The van der Waals surface area contributed by atoms with Crippen molar-refractivity contribution in [1.29, 1.82) is 0 Å². The number of carbonyl (C=O) groups is 1. The Morgan fingerprint density at radius 3 is 2.26 bits per heavy atom. The molecular formula is C19H26BrNO2. The molecule has 0 radical (unpaired) electrons. The molecule has 0 saturated carbocycles. The number of benzene rings is 2. The van der Waals surface area contributed by atoms with Gasteiger partial charge in [0.1, 0.15) is 0 Å². The van der Waals surface area contributed by atoms with Gasteiger partial charge in [0.2, 0.25) is 0 Å². The number of fused-ring (bicyclic) bond motifs is 1. The first-order valence-electron chi connectivity index (χ1n) is 7.39. The molecule has 0 spiro atoms. The lowest BCUT2D eigenvalue weighted by molar-refractivity contribution is -0.138. The zero-order valence-electron chi connectivity index (χ0n) is 14.3. The molecule has 0 aliphatic heterocycles. The van der Waals surface area contributed by atoms with E-state index in [9.17, 15) is 4.79 Å². The summed E-state index contributed by atoms with van der Waals surface area (Å²) in [4.78, 5) is 12.6. The van der Waals surface area contributed by atoms with E-state index in [4.69, 9.17) is 0 Å². The van der Waals surface area contributed by atoms with Gasteiger partial charge in [-0.1, -0.05) is 49.0 Å². The van der Waals surface area contributed by atoms with E-state index in [-0.39, 0.29) is 23.0 Å². The van der Waals surface area contributed by atoms with Crippen LogP contribution < -0.4 is 0 Å². The van der Waals surface area contributed by atoms with Gasteiger partial charge in [0.25, 0.3) is 0 Å². The number of nitrogens with zero attached hydrogens (tertiary/aromatic N) is 1. The highest BCUT2D eigenvalue weighted by Gasteiger charge is 2.00. The van der Waals surface area contributed by atoms with Gasteiger partial charge in [-0.05, 0) is 44.3 Å². The van der Waals surface area contributed by atoms with Crippen molar-refractivity contribution in [2.24, 2.45) is 0 Å². The summed E-state index contributed by atoms with van der Waals surface area (Å²) < 4.78 is 4.56. The summed E-state index contributed by atoms with van der Waals surface area (Å²) in [6.45, 7) is 8.21. The number of ether oxygens (including phenoxy) is 1. The second kappa shape index (κ2) is 11.0. The van der Waals surface area contributed by atoms with Crippen LogP contribution >= 0.6 is 17.0 Å². The molecule has 0 atom stereocenters. The Labute approximate surface area is 149 Å². The van der Waals surface area contributed by atoms with Crippen molar-refractivity contribution in [3.05, 3.63) is 60.2 Å². The molecule has 4 heteroatoms. The SMILES string of the molecule is Br.C=C(C)C(=O)OCC.CN(C)Cc1cccc2ccccc12. The van der Waals surface area contributed by atoms with E-state index < -0.39 is 0 Å². The molecule has 3 nitrogen and oxygen atoms in total. The fourth-order valence-electron chi connectivity index (χ4n) is 2.03. The minimum atomic E-state index is -0.312. The van der Waals surface area contributed by atoms with Crippen LogP contribution in [0.3, 0.4) is 0 Å². The van der Waals surface area contributed by atoms with Crippen molar-refractivity contribution in [3.8, 4) is 0 Å². The van der Waals surface area contributed by atoms with E-state index in [0.717, 1.165) is 6.54 Å². The van der Waals surface area contributed by atoms with Gasteiger partial charge in [0, 0.05) is 12.1 Å². The molecule has 0 amide bonds. The number of carbonyl (C=O) groups excluding carboxylic acids is 1. The molecule has 2 rings (SSSR count). The van der Waals surface area contributed by atoms with E-state index in [1.807, 2.05) is 0 Å². The lowest BCUT2D eigenvalue weighted by atomic mass is 10.0. The summed E-state index contributed by atoms with van der Waals surface area (Å²) in [7, 11) is 4.20. The van der Waals surface area contributed by atoms with Crippen molar-refractivity contribution in [2.45, 2.75) is 20.4 Å². The van der Waals surface area contributed by atoms with Gasteiger partial charge < -0.3 is 9.64 Å². The Morgan fingerprint density at radius 2 is 1.74 bits per heavy atom. The molecule has 0 unspecified atom stereocenters. The Hall–Kier alpha value is -1.65. The first-order chi connectivity index (χ1) is 10.5. The van der Waals surface area contributed by atoms with Gasteiger partial charge in [0.05, 0.1) is 6.61 Å². The number of esters is 1. The highest BCUT2D eigenvalue weighted by Crippen LogP contribution is 2.18. The molecule has 0 aliphatic carbocycles. The third kappa shape index (κ3) is 7.44. The second-order valence-corrected chi connectivity index (χ2v) is 5.38. The van der Waals surface area contributed by atoms with Crippen molar-refractivity contribution in [1.82, 2.24) is 4.90 Å². The standard InChI is InChI=1S/C13H15N.C6H10O2.BrH/c1-14(2)10-12-8-5-7-11-6-3-4-9-13(11)12;1-4-8-6(7)5(2)3;/h3-9H,10H2,1-2H3;2,4H2,1,3H3;1H. The smallest absolute Gasteiger partial charge is 0.333 e. The molecule has 0 aromatic heterocycles. The fraction of sp³-hybridized carbons (Fsp3) is 0.316. The lowest BCUT2D eigenvalue weighted by Crippen LogP contribution is -2.10. The summed E-state index contributed by atoms with van der Waals surface area (Å²) in [6, 6.07) is 15.0. The number of hydrogen-bond donors (Lipinski definition) is 0. The van der Waals surface area contributed by atoms with Crippen LogP contribution in [0.2, 0.25) is 0 Å². The monoisotopic (exact) mass is 379 g/mol. The lowest BCUT2D eigenvalue weighted by Gasteiger charge is -2.11. The molecule has 23 heavy (non-hydrogen) atoms. The molecule has 2 aromatic carbocycles. The zero-order valence-corrected chi connectivity index (χ0v) is 16.0. The van der Waals surface area contributed by atoms with E-state index in [1.165, 1.54) is 16.3 Å².